The highest BCUT2D eigenvalue weighted by Crippen LogP contribution is 2.37. The summed E-state index contributed by atoms with van der Waals surface area (Å²) in [5.41, 5.74) is 0. The van der Waals surface area contributed by atoms with Crippen LogP contribution >= 0.6 is 0 Å². The number of allylic oxidation sites excluding steroid dienone is 1. The summed E-state index contributed by atoms with van der Waals surface area (Å²) in [4.78, 5) is 26.1. The molecule has 5 rings (SSSR count). The van der Waals surface area contributed by atoms with Gasteiger partial charge >= 0.3 is 0 Å². The summed E-state index contributed by atoms with van der Waals surface area (Å²) >= 11 is 0. The van der Waals surface area contributed by atoms with Crippen LogP contribution in [0.5, 0.6) is 0 Å². The SMILES string of the molecule is CCCCCCCCCCCCC/C=C/[C@@H](O)[C@H](CO[C@@H]1OC(CO)[C@@H](O[C@@H]2OC(CO)[C@H](O[C@@H]3OC(CO)[C@H](O[C@@H]4OC(CO)[C@H](O)[C@H](O[C@@H]5OC(CO)[C@H](O)[C@H](O)C5O)C4NC(C)=O)[C@H](O)C3O)[C@H](O)C2O)[C@H](O)C1O)NC(=O)CCCCCCCCCCCCCCCCCCCCCCC. The molecule has 0 aliphatic carbocycles. The van der Waals surface area contributed by atoms with E-state index in [4.69, 9.17) is 47.4 Å². The van der Waals surface area contributed by atoms with Crippen molar-refractivity contribution in [2.24, 2.45) is 0 Å². The predicted octanol–water partition coefficient (Wildman–Crippen LogP) is 1.95. The number of amides is 2. The molecule has 0 spiro atoms. The summed E-state index contributed by atoms with van der Waals surface area (Å²) in [5, 5.41) is 181. The molecule has 104 heavy (non-hydrogen) atoms. The van der Waals surface area contributed by atoms with E-state index < -0.39 is 211 Å². The van der Waals surface area contributed by atoms with E-state index in [9.17, 15) is 91.3 Å². The summed E-state index contributed by atoms with van der Waals surface area (Å²) in [7, 11) is 0. The Hall–Kier alpha value is -2.36. The smallest absolute Gasteiger partial charge is 0.220 e. The van der Waals surface area contributed by atoms with E-state index in [1.807, 2.05) is 6.08 Å². The van der Waals surface area contributed by atoms with Crippen LogP contribution in [0.4, 0.5) is 0 Å². The van der Waals surface area contributed by atoms with Crippen LogP contribution in [-0.4, -0.2) is 299 Å². The van der Waals surface area contributed by atoms with E-state index in [1.165, 1.54) is 154 Å². The number of carbonyl (C=O) groups excluding carboxylic acids is 2. The number of hydrogen-bond acceptors (Lipinski definition) is 28. The molecule has 2 amide bonds. The van der Waals surface area contributed by atoms with E-state index in [1.54, 1.807) is 6.08 Å². The van der Waals surface area contributed by atoms with Gasteiger partial charge in [0.2, 0.25) is 11.8 Å². The largest absolute Gasteiger partial charge is 0.394 e. The first kappa shape index (κ1) is 92.2. The fraction of sp³-hybridized carbons (Fsp3) is 0.946. The van der Waals surface area contributed by atoms with E-state index in [2.05, 4.69) is 24.5 Å². The van der Waals surface area contributed by atoms with Crippen molar-refractivity contribution in [3.8, 4) is 0 Å². The van der Waals surface area contributed by atoms with Crippen molar-refractivity contribution in [2.75, 3.05) is 39.6 Å². The second kappa shape index (κ2) is 52.0. The molecule has 30 nitrogen and oxygen atoms in total. The Balaban J connectivity index is 1.13. The van der Waals surface area contributed by atoms with Gasteiger partial charge in [-0.25, -0.2) is 0 Å². The Morgan fingerprint density at radius 3 is 1.09 bits per heavy atom. The summed E-state index contributed by atoms with van der Waals surface area (Å²) in [6.45, 7) is 0.428. The molecule has 30 heteroatoms. The first-order valence-corrected chi connectivity index (χ1v) is 39.5. The highest BCUT2D eigenvalue weighted by Gasteiger charge is 2.57. The van der Waals surface area contributed by atoms with Crippen LogP contribution < -0.4 is 10.6 Å². The number of nitrogens with one attached hydrogen (secondary N) is 2. The summed E-state index contributed by atoms with van der Waals surface area (Å²) in [6, 6.07) is -2.69. The second-order valence-corrected chi connectivity index (χ2v) is 29.2. The van der Waals surface area contributed by atoms with Crippen molar-refractivity contribution in [1.29, 1.82) is 0 Å². The first-order chi connectivity index (χ1) is 50.2. The highest BCUT2D eigenvalue weighted by molar-refractivity contribution is 5.76. The van der Waals surface area contributed by atoms with Gasteiger partial charge in [0, 0.05) is 13.3 Å². The number of carbonyl (C=O) groups is 2. The standard InChI is InChI=1S/C74H136N2O28/c1-4-6-8-10-12-14-16-18-19-20-21-22-23-24-25-27-29-31-33-35-37-39-54(84)76-47(48(83)38-36-34-32-30-28-26-17-15-13-11-9-7-5-2)45-95-71-63(92)59(88)67(51(42-79)98-71)102-74-65(94)61(90)68(53(44-81)100-74)103-73-64(93)60(89)66(52(43-80)99-73)101-70-55(75-46(3)82)69(57(86)50(41-78)96-70)104-72-62(91)58(87)56(85)49(40-77)97-72/h36,38,47-53,55-74,77-81,83,85-94H,4-35,37,39-45H2,1-3H3,(H,75,82)(H,76,84)/b38-36+/t47-,48+,49?,50?,51?,52?,53?,55?,56-,57-,58-,59+,60+,61+,62?,63?,64?,65?,66-,67+,68-,69+,70-,71+,72-,73-,74-/m0/s1. The molecule has 5 fully saturated rings. The van der Waals surface area contributed by atoms with Gasteiger partial charge in [0.25, 0.3) is 0 Å². The molecule has 0 bridgehead atoms. The van der Waals surface area contributed by atoms with Crippen LogP contribution in [0.2, 0.25) is 0 Å². The van der Waals surface area contributed by atoms with Gasteiger partial charge in [-0.2, -0.15) is 0 Å². The lowest BCUT2D eigenvalue weighted by Gasteiger charge is -2.50. The lowest BCUT2D eigenvalue weighted by atomic mass is 9.94. The molecule has 0 aromatic heterocycles. The van der Waals surface area contributed by atoms with Crippen molar-refractivity contribution >= 4 is 11.8 Å². The van der Waals surface area contributed by atoms with Crippen molar-refractivity contribution in [3.63, 3.8) is 0 Å². The zero-order chi connectivity index (χ0) is 75.9. The number of aliphatic hydroxyl groups excluding tert-OH is 16. The summed E-state index contributed by atoms with van der Waals surface area (Å²) < 4.78 is 58.4. The molecule has 0 radical (unpaired) electrons. The fourth-order valence-corrected chi connectivity index (χ4v) is 14.3. The molecule has 5 aliphatic heterocycles. The lowest BCUT2D eigenvalue weighted by Crippen LogP contribution is -2.70. The van der Waals surface area contributed by atoms with Gasteiger partial charge in [0.05, 0.1) is 51.8 Å². The number of unbranched alkanes of at least 4 members (excludes halogenated alkanes) is 31. The van der Waals surface area contributed by atoms with Crippen LogP contribution in [0.3, 0.4) is 0 Å². The maximum absolute atomic E-state index is 13.5. The lowest BCUT2D eigenvalue weighted by molar-refractivity contribution is -0.388. The predicted molar refractivity (Wildman–Crippen MR) is 377 cm³/mol. The average Bonchev–Trinajstić information content (AvgIpc) is 0.739. The zero-order valence-electron chi connectivity index (χ0n) is 62.1. The second-order valence-electron chi connectivity index (χ2n) is 29.2. The average molecular weight is 1500 g/mol. The molecule has 18 N–H and O–H groups in total. The minimum absolute atomic E-state index is 0.202. The molecule has 610 valence electrons. The third-order valence-corrected chi connectivity index (χ3v) is 20.7. The van der Waals surface area contributed by atoms with Crippen LogP contribution in [0.1, 0.15) is 239 Å². The van der Waals surface area contributed by atoms with Gasteiger partial charge < -0.3 is 140 Å². The molecule has 0 saturated carbocycles. The Kier molecular flexibility index (Phi) is 46.1. The minimum Gasteiger partial charge on any atom is -0.394 e. The normalized spacial score (nSPS) is 34.7. The van der Waals surface area contributed by atoms with Gasteiger partial charge in [0.1, 0.15) is 122 Å². The Morgan fingerprint density at radius 1 is 0.375 bits per heavy atom. The van der Waals surface area contributed by atoms with E-state index in [0.717, 1.165) is 51.9 Å². The van der Waals surface area contributed by atoms with Crippen LogP contribution in [0.25, 0.3) is 0 Å². The number of rotatable bonds is 54. The summed E-state index contributed by atoms with van der Waals surface area (Å²) in [5.74, 6) is -1.11. The molecule has 10 unspecified atom stereocenters. The van der Waals surface area contributed by atoms with Crippen molar-refractivity contribution in [2.45, 2.75) is 405 Å². The fourth-order valence-electron chi connectivity index (χ4n) is 14.3. The quantitative estimate of drug-likeness (QED) is 0.0306. The van der Waals surface area contributed by atoms with Crippen LogP contribution in [0, 0.1) is 0 Å². The molecule has 5 saturated heterocycles. The Bertz CT molecular complexity index is 2250. The van der Waals surface area contributed by atoms with Crippen molar-refractivity contribution in [3.05, 3.63) is 12.2 Å². The molecular weight excluding hydrogens is 1360 g/mol. The van der Waals surface area contributed by atoms with Gasteiger partial charge in [-0.15, -0.1) is 0 Å². The van der Waals surface area contributed by atoms with Crippen molar-refractivity contribution < 1.29 is 139 Å². The Morgan fingerprint density at radius 2 is 0.692 bits per heavy atom. The number of hydrogen-bond donors (Lipinski definition) is 18. The van der Waals surface area contributed by atoms with Gasteiger partial charge in [-0.05, 0) is 19.3 Å². The third-order valence-electron chi connectivity index (χ3n) is 20.7. The van der Waals surface area contributed by atoms with Gasteiger partial charge in [-0.1, -0.05) is 219 Å². The zero-order valence-corrected chi connectivity index (χ0v) is 62.1. The van der Waals surface area contributed by atoms with Crippen molar-refractivity contribution in [1.82, 2.24) is 10.6 Å². The molecular formula is C74H136N2O28. The monoisotopic (exact) mass is 1500 g/mol. The first-order valence-electron chi connectivity index (χ1n) is 39.5. The highest BCUT2D eigenvalue weighted by atomic mass is 16.8. The molecule has 5 heterocycles. The number of ether oxygens (including phenoxy) is 10. The topological polar surface area (TPSA) is 474 Å². The van der Waals surface area contributed by atoms with E-state index in [-0.39, 0.29) is 12.3 Å². The minimum atomic E-state index is -2.18. The molecule has 5 aliphatic rings. The van der Waals surface area contributed by atoms with Gasteiger partial charge in [0.15, 0.2) is 31.5 Å². The molecule has 0 aromatic rings. The van der Waals surface area contributed by atoms with Crippen LogP contribution in [-0.2, 0) is 57.0 Å². The molecule has 27 atom stereocenters. The Labute approximate surface area is 615 Å². The van der Waals surface area contributed by atoms with E-state index in [0.29, 0.717) is 12.8 Å². The van der Waals surface area contributed by atoms with Crippen LogP contribution in [0.15, 0.2) is 12.2 Å². The third kappa shape index (κ3) is 30.4. The number of aliphatic hydroxyl groups is 16. The maximum atomic E-state index is 13.5. The van der Waals surface area contributed by atoms with Gasteiger partial charge in [-0.3, -0.25) is 9.59 Å². The maximum Gasteiger partial charge on any atom is 0.220 e. The molecule has 0 aromatic carbocycles. The van der Waals surface area contributed by atoms with E-state index >= 15 is 0 Å². The summed E-state index contributed by atoms with van der Waals surface area (Å²) in [6.07, 6.45) is -2.44.